The molecule has 0 saturated carbocycles. The third kappa shape index (κ3) is 7.36. The van der Waals surface area contributed by atoms with Crippen molar-refractivity contribution in [1.29, 1.82) is 0 Å². The van der Waals surface area contributed by atoms with Crippen LogP contribution in [0.4, 0.5) is 4.79 Å². The van der Waals surface area contributed by atoms with E-state index in [9.17, 15) is 24.3 Å². The van der Waals surface area contributed by atoms with Gasteiger partial charge in [0.15, 0.2) is 11.5 Å². The fraction of sp³-hybridized carbons (Fsp3) is 0.500. The SMILES string of the molecule is CCC(=O)Oc1ccc(CC(N)(C[C@H](C)OC(=O)OC)C(=O)O)cc1OC(=O)CC. The average molecular weight is 425 g/mol. The third-order valence-corrected chi connectivity index (χ3v) is 4.09. The summed E-state index contributed by atoms with van der Waals surface area (Å²) in [6.07, 6.45) is -1.95. The molecule has 1 aromatic rings. The number of esters is 2. The largest absolute Gasteiger partial charge is 0.508 e. The van der Waals surface area contributed by atoms with Crippen molar-refractivity contribution in [2.24, 2.45) is 5.73 Å². The maximum Gasteiger partial charge on any atom is 0.508 e. The number of hydrogen-bond donors (Lipinski definition) is 2. The molecule has 10 nitrogen and oxygen atoms in total. The van der Waals surface area contributed by atoms with Gasteiger partial charge in [-0.05, 0) is 24.6 Å². The Labute approximate surface area is 174 Å². The second kappa shape index (κ2) is 11.1. The first-order valence-corrected chi connectivity index (χ1v) is 9.35. The number of rotatable bonds is 10. The lowest BCUT2D eigenvalue weighted by atomic mass is 9.86. The molecule has 0 aliphatic carbocycles. The number of carbonyl (C=O) groups is 4. The van der Waals surface area contributed by atoms with Crippen LogP contribution in [-0.4, -0.2) is 47.9 Å². The number of methoxy groups -OCH3 is 1. The molecule has 0 radical (unpaired) electrons. The molecule has 0 heterocycles. The van der Waals surface area contributed by atoms with E-state index < -0.39 is 35.7 Å². The first kappa shape index (κ1) is 24.9. The molecule has 0 saturated heterocycles. The molecule has 1 aromatic carbocycles. The molecule has 1 unspecified atom stereocenters. The van der Waals surface area contributed by atoms with Crippen LogP contribution in [0.15, 0.2) is 18.2 Å². The van der Waals surface area contributed by atoms with E-state index in [0.29, 0.717) is 5.56 Å². The Morgan fingerprint density at radius 2 is 1.63 bits per heavy atom. The first-order chi connectivity index (χ1) is 14.0. The van der Waals surface area contributed by atoms with Gasteiger partial charge in [-0.1, -0.05) is 19.9 Å². The summed E-state index contributed by atoms with van der Waals surface area (Å²) in [5.74, 6) is -2.38. The maximum absolute atomic E-state index is 11.8. The highest BCUT2D eigenvalue weighted by Crippen LogP contribution is 2.31. The van der Waals surface area contributed by atoms with Gasteiger partial charge in [-0.25, -0.2) is 4.79 Å². The van der Waals surface area contributed by atoms with Gasteiger partial charge < -0.3 is 29.8 Å². The van der Waals surface area contributed by atoms with Crippen molar-refractivity contribution >= 4 is 24.1 Å². The molecule has 0 aromatic heterocycles. The van der Waals surface area contributed by atoms with Gasteiger partial charge in [0.25, 0.3) is 0 Å². The lowest BCUT2D eigenvalue weighted by Gasteiger charge is -2.27. The van der Waals surface area contributed by atoms with Crippen LogP contribution in [0.2, 0.25) is 0 Å². The third-order valence-electron chi connectivity index (χ3n) is 4.09. The summed E-state index contributed by atoms with van der Waals surface area (Å²) in [5.41, 5.74) is 4.71. The summed E-state index contributed by atoms with van der Waals surface area (Å²) in [4.78, 5) is 46.4. The van der Waals surface area contributed by atoms with E-state index in [4.69, 9.17) is 19.9 Å². The van der Waals surface area contributed by atoms with Gasteiger partial charge in [0.1, 0.15) is 11.6 Å². The van der Waals surface area contributed by atoms with E-state index in [0.717, 1.165) is 7.11 Å². The second-order valence-corrected chi connectivity index (χ2v) is 6.66. The number of carboxylic acid groups (broad SMARTS) is 1. The van der Waals surface area contributed by atoms with Gasteiger partial charge in [-0.3, -0.25) is 14.4 Å². The van der Waals surface area contributed by atoms with Gasteiger partial charge in [-0.15, -0.1) is 0 Å². The number of ether oxygens (including phenoxy) is 4. The Balaban J connectivity index is 3.15. The molecule has 0 bridgehead atoms. The minimum absolute atomic E-state index is 0.0206. The van der Waals surface area contributed by atoms with Crippen molar-refractivity contribution in [3.8, 4) is 11.5 Å². The second-order valence-electron chi connectivity index (χ2n) is 6.66. The van der Waals surface area contributed by atoms with Crippen molar-refractivity contribution in [3.63, 3.8) is 0 Å². The maximum atomic E-state index is 11.8. The van der Waals surface area contributed by atoms with E-state index in [-0.39, 0.29) is 37.2 Å². The zero-order chi connectivity index (χ0) is 22.9. The highest BCUT2D eigenvalue weighted by Gasteiger charge is 2.37. The van der Waals surface area contributed by atoms with Gasteiger partial charge >= 0.3 is 24.1 Å². The van der Waals surface area contributed by atoms with Gasteiger partial charge in [-0.2, -0.15) is 0 Å². The van der Waals surface area contributed by atoms with Crippen molar-refractivity contribution in [3.05, 3.63) is 23.8 Å². The molecule has 10 heteroatoms. The predicted octanol–water partition coefficient (Wildman–Crippen LogP) is 2.20. The zero-order valence-electron chi connectivity index (χ0n) is 17.4. The van der Waals surface area contributed by atoms with Gasteiger partial charge in [0.05, 0.1) is 7.11 Å². The summed E-state index contributed by atoms with van der Waals surface area (Å²) < 4.78 is 19.7. The molecule has 3 N–H and O–H groups in total. The van der Waals surface area contributed by atoms with Crippen LogP contribution in [0.1, 0.15) is 45.6 Å². The fourth-order valence-electron chi connectivity index (χ4n) is 2.58. The number of aliphatic carboxylic acids is 1. The molecule has 166 valence electrons. The monoisotopic (exact) mass is 425 g/mol. The Hall–Kier alpha value is -3.14. The zero-order valence-corrected chi connectivity index (χ0v) is 17.4. The number of hydrogen-bond acceptors (Lipinski definition) is 9. The molecule has 0 fully saturated rings. The van der Waals surface area contributed by atoms with Crippen molar-refractivity contribution in [1.82, 2.24) is 0 Å². The predicted molar refractivity (Wildman–Crippen MR) is 104 cm³/mol. The number of benzene rings is 1. The van der Waals surface area contributed by atoms with Crippen LogP contribution in [0, 0.1) is 0 Å². The van der Waals surface area contributed by atoms with Crippen LogP contribution in [0.3, 0.4) is 0 Å². The van der Waals surface area contributed by atoms with Crippen LogP contribution in [0.25, 0.3) is 0 Å². The number of carboxylic acids is 1. The van der Waals surface area contributed by atoms with Crippen LogP contribution < -0.4 is 15.2 Å². The van der Waals surface area contributed by atoms with Crippen LogP contribution in [0.5, 0.6) is 11.5 Å². The highest BCUT2D eigenvalue weighted by molar-refractivity contribution is 5.79. The minimum atomic E-state index is -1.79. The van der Waals surface area contributed by atoms with E-state index in [1.165, 1.54) is 25.1 Å². The van der Waals surface area contributed by atoms with Crippen LogP contribution >= 0.6 is 0 Å². The Kier molecular flexibility index (Phi) is 9.25. The van der Waals surface area contributed by atoms with Gasteiger partial charge in [0.2, 0.25) is 0 Å². The summed E-state index contributed by atoms with van der Waals surface area (Å²) in [5, 5.41) is 9.64. The number of carbonyl (C=O) groups excluding carboxylic acids is 3. The smallest absolute Gasteiger partial charge is 0.480 e. The quantitative estimate of drug-likeness (QED) is 0.421. The van der Waals surface area contributed by atoms with E-state index >= 15 is 0 Å². The lowest BCUT2D eigenvalue weighted by molar-refractivity contribution is -0.144. The van der Waals surface area contributed by atoms with E-state index in [2.05, 4.69) is 4.74 Å². The molecular formula is C20H27NO9. The molecule has 30 heavy (non-hydrogen) atoms. The molecule has 2 atom stereocenters. The molecule has 0 aliphatic rings. The average Bonchev–Trinajstić information content (AvgIpc) is 2.68. The van der Waals surface area contributed by atoms with Gasteiger partial charge in [0, 0.05) is 25.7 Å². The fourth-order valence-corrected chi connectivity index (χ4v) is 2.58. The summed E-state index contributed by atoms with van der Waals surface area (Å²) >= 11 is 0. The summed E-state index contributed by atoms with van der Waals surface area (Å²) in [7, 11) is 1.13. The topological polar surface area (TPSA) is 151 Å². The van der Waals surface area contributed by atoms with Crippen LogP contribution in [-0.2, 0) is 30.3 Å². The molecule has 0 amide bonds. The van der Waals surface area contributed by atoms with E-state index in [1.54, 1.807) is 13.8 Å². The lowest BCUT2D eigenvalue weighted by Crippen LogP contribution is -2.52. The van der Waals surface area contributed by atoms with E-state index in [1.807, 2.05) is 0 Å². The van der Waals surface area contributed by atoms with Crippen molar-refractivity contribution < 1.29 is 43.2 Å². The Morgan fingerprint density at radius 3 is 2.13 bits per heavy atom. The standard InChI is InChI=1S/C20H27NO9/c1-5-16(22)29-14-8-7-13(9-15(14)30-17(23)6-2)11-20(21,18(24)25)10-12(3)28-19(26)27-4/h7-9,12H,5-6,10-11,21H2,1-4H3,(H,24,25)/t12-,20?/m0/s1. The molecule has 1 rings (SSSR count). The highest BCUT2D eigenvalue weighted by atomic mass is 16.7. The minimum Gasteiger partial charge on any atom is -0.480 e. The molecule has 0 aliphatic heterocycles. The van der Waals surface area contributed by atoms with Crippen molar-refractivity contribution in [2.45, 2.75) is 58.1 Å². The summed E-state index contributed by atoms with van der Waals surface area (Å²) in [6.45, 7) is 4.70. The first-order valence-electron chi connectivity index (χ1n) is 9.35. The number of nitrogens with two attached hydrogens (primary N) is 1. The summed E-state index contributed by atoms with van der Waals surface area (Å²) in [6, 6.07) is 4.30. The normalized spacial score (nSPS) is 13.5. The molecular weight excluding hydrogens is 398 g/mol. The van der Waals surface area contributed by atoms with Crippen molar-refractivity contribution in [2.75, 3.05) is 7.11 Å². The Morgan fingerprint density at radius 1 is 1.07 bits per heavy atom. The Bertz CT molecular complexity index is 792. The molecule has 0 spiro atoms.